The average molecular weight is 309 g/mol. The second-order valence-corrected chi connectivity index (χ2v) is 4.85. The minimum absolute atomic E-state index is 0.0218. The van der Waals surface area contributed by atoms with Crippen LogP contribution in [0.15, 0.2) is 24.3 Å². The first-order valence-corrected chi connectivity index (χ1v) is 7.36. The molecule has 0 fully saturated rings. The summed E-state index contributed by atoms with van der Waals surface area (Å²) < 4.78 is 10.8. The third kappa shape index (κ3) is 6.58. The predicted molar refractivity (Wildman–Crippen MR) is 82.2 cm³/mol. The van der Waals surface area contributed by atoms with Crippen LogP contribution in [0, 0.1) is 0 Å². The van der Waals surface area contributed by atoms with E-state index in [9.17, 15) is 9.59 Å². The third-order valence-electron chi connectivity index (χ3n) is 2.99. The van der Waals surface area contributed by atoms with Gasteiger partial charge in [0.1, 0.15) is 12.4 Å². The van der Waals surface area contributed by atoms with Gasteiger partial charge in [-0.3, -0.25) is 9.59 Å². The zero-order chi connectivity index (χ0) is 16.4. The summed E-state index contributed by atoms with van der Waals surface area (Å²) in [4.78, 5) is 22.8. The van der Waals surface area contributed by atoms with Crippen LogP contribution < -0.4 is 10.1 Å². The van der Waals surface area contributed by atoms with Gasteiger partial charge in [-0.05, 0) is 32.4 Å². The summed E-state index contributed by atoms with van der Waals surface area (Å²) in [6.07, 6.45) is 0.405. The van der Waals surface area contributed by atoms with Gasteiger partial charge < -0.3 is 19.9 Å². The zero-order valence-electron chi connectivity index (χ0n) is 13.0. The van der Waals surface area contributed by atoms with Crippen molar-refractivity contribution in [3.05, 3.63) is 29.8 Å². The standard InChI is InChI=1S/C16H23NO5/c1-3-21-10-11-22-14-7-5-4-6-13(14)16(20)17-12(2)8-9-15(18)19/h4-7,12H,3,8-11H2,1-2H3,(H,17,20)(H,18,19). The Bertz CT molecular complexity index is 489. The van der Waals surface area contributed by atoms with E-state index in [-0.39, 0.29) is 18.4 Å². The van der Waals surface area contributed by atoms with Crippen molar-refractivity contribution in [3.63, 3.8) is 0 Å². The molecule has 1 amide bonds. The maximum atomic E-state index is 12.2. The number of aliphatic carboxylic acids is 1. The molecule has 1 unspecified atom stereocenters. The van der Waals surface area contributed by atoms with Crippen LogP contribution in [0.3, 0.4) is 0 Å². The van der Waals surface area contributed by atoms with E-state index >= 15 is 0 Å². The number of para-hydroxylation sites is 1. The quantitative estimate of drug-likeness (QED) is 0.646. The lowest BCUT2D eigenvalue weighted by atomic mass is 10.1. The lowest BCUT2D eigenvalue weighted by Crippen LogP contribution is -2.33. The first kappa shape index (κ1) is 18.0. The van der Waals surface area contributed by atoms with Crippen molar-refractivity contribution >= 4 is 11.9 Å². The lowest BCUT2D eigenvalue weighted by Gasteiger charge is -2.15. The molecule has 0 aliphatic rings. The van der Waals surface area contributed by atoms with Crippen molar-refractivity contribution in [2.75, 3.05) is 19.8 Å². The van der Waals surface area contributed by atoms with Crippen LogP contribution in [0.4, 0.5) is 0 Å². The van der Waals surface area contributed by atoms with Crippen LogP contribution in [0.2, 0.25) is 0 Å². The third-order valence-corrected chi connectivity index (χ3v) is 2.99. The normalized spacial score (nSPS) is 11.7. The van der Waals surface area contributed by atoms with Gasteiger partial charge in [-0.25, -0.2) is 0 Å². The molecule has 0 saturated heterocycles. The van der Waals surface area contributed by atoms with Crippen molar-refractivity contribution in [2.45, 2.75) is 32.7 Å². The highest BCUT2D eigenvalue weighted by molar-refractivity contribution is 5.97. The highest BCUT2D eigenvalue weighted by Crippen LogP contribution is 2.18. The molecule has 0 saturated carbocycles. The van der Waals surface area contributed by atoms with Gasteiger partial charge in [-0.2, -0.15) is 0 Å². The van der Waals surface area contributed by atoms with Crippen LogP contribution in [0.5, 0.6) is 5.75 Å². The van der Waals surface area contributed by atoms with Crippen LogP contribution in [0.1, 0.15) is 37.0 Å². The molecule has 0 spiro atoms. The number of amides is 1. The van der Waals surface area contributed by atoms with E-state index in [1.165, 1.54) is 0 Å². The molecule has 6 nitrogen and oxygen atoms in total. The Kier molecular flexibility index (Phi) is 7.99. The number of carboxylic acid groups (broad SMARTS) is 1. The fourth-order valence-corrected chi connectivity index (χ4v) is 1.85. The molecule has 6 heteroatoms. The van der Waals surface area contributed by atoms with Crippen molar-refractivity contribution in [3.8, 4) is 5.75 Å². The van der Waals surface area contributed by atoms with Gasteiger partial charge in [0.25, 0.3) is 5.91 Å². The number of nitrogens with one attached hydrogen (secondary N) is 1. The van der Waals surface area contributed by atoms with Gasteiger partial charge in [0.15, 0.2) is 0 Å². The number of carbonyl (C=O) groups excluding carboxylic acids is 1. The summed E-state index contributed by atoms with van der Waals surface area (Å²) in [5.41, 5.74) is 0.432. The topological polar surface area (TPSA) is 84.9 Å². The highest BCUT2D eigenvalue weighted by Gasteiger charge is 2.15. The highest BCUT2D eigenvalue weighted by atomic mass is 16.5. The van der Waals surface area contributed by atoms with Crippen LogP contribution in [-0.2, 0) is 9.53 Å². The fraction of sp³-hybridized carbons (Fsp3) is 0.500. The van der Waals surface area contributed by atoms with E-state index in [1.807, 2.05) is 6.92 Å². The summed E-state index contributed by atoms with van der Waals surface area (Å²) in [5.74, 6) is -0.657. The molecule has 0 aromatic heterocycles. The summed E-state index contributed by atoms with van der Waals surface area (Å²) in [6, 6.07) is 6.73. The molecule has 0 radical (unpaired) electrons. The van der Waals surface area contributed by atoms with Crippen LogP contribution >= 0.6 is 0 Å². The molecule has 1 atom stereocenters. The summed E-state index contributed by atoms with van der Waals surface area (Å²) in [5, 5.41) is 11.4. The first-order chi connectivity index (χ1) is 10.5. The number of hydrogen-bond acceptors (Lipinski definition) is 4. The summed E-state index contributed by atoms with van der Waals surface area (Å²) in [7, 11) is 0. The Morgan fingerprint density at radius 1 is 1.27 bits per heavy atom. The molecule has 1 aromatic carbocycles. The fourth-order valence-electron chi connectivity index (χ4n) is 1.85. The monoisotopic (exact) mass is 309 g/mol. The van der Waals surface area contributed by atoms with Gasteiger partial charge in [-0.1, -0.05) is 12.1 Å². The van der Waals surface area contributed by atoms with Crippen LogP contribution in [0.25, 0.3) is 0 Å². The molecule has 1 aromatic rings. The van der Waals surface area contributed by atoms with Crippen molar-refractivity contribution in [1.82, 2.24) is 5.32 Å². The van der Waals surface area contributed by atoms with E-state index in [0.717, 1.165) is 0 Å². The Hall–Kier alpha value is -2.08. The number of hydrogen-bond donors (Lipinski definition) is 2. The number of carbonyl (C=O) groups is 2. The van der Waals surface area contributed by atoms with Crippen molar-refractivity contribution < 1.29 is 24.2 Å². The molecule has 0 bridgehead atoms. The Morgan fingerprint density at radius 2 is 2.00 bits per heavy atom. The average Bonchev–Trinajstić information content (AvgIpc) is 2.50. The molecule has 122 valence electrons. The maximum absolute atomic E-state index is 12.2. The van der Waals surface area contributed by atoms with Crippen molar-refractivity contribution in [1.29, 1.82) is 0 Å². The molecule has 22 heavy (non-hydrogen) atoms. The largest absolute Gasteiger partial charge is 0.490 e. The Labute approximate surface area is 130 Å². The van der Waals surface area contributed by atoms with Gasteiger partial charge >= 0.3 is 5.97 Å². The second-order valence-electron chi connectivity index (χ2n) is 4.85. The molecule has 0 aliphatic heterocycles. The molecular formula is C16H23NO5. The molecule has 2 N–H and O–H groups in total. The van der Waals surface area contributed by atoms with E-state index in [0.29, 0.717) is 37.6 Å². The summed E-state index contributed by atoms with van der Waals surface area (Å²) in [6.45, 7) is 5.13. The number of ether oxygens (including phenoxy) is 2. The Balaban J connectivity index is 2.58. The smallest absolute Gasteiger partial charge is 0.303 e. The minimum Gasteiger partial charge on any atom is -0.490 e. The summed E-state index contributed by atoms with van der Waals surface area (Å²) >= 11 is 0. The van der Waals surface area contributed by atoms with E-state index in [4.69, 9.17) is 14.6 Å². The number of rotatable bonds is 10. The predicted octanol–water partition coefficient (Wildman–Crippen LogP) is 2.08. The van der Waals surface area contributed by atoms with Crippen LogP contribution in [-0.4, -0.2) is 42.8 Å². The molecule has 0 heterocycles. The van der Waals surface area contributed by atoms with Crippen molar-refractivity contribution in [2.24, 2.45) is 0 Å². The molecular weight excluding hydrogens is 286 g/mol. The molecule has 1 rings (SSSR count). The van der Waals surface area contributed by atoms with E-state index in [2.05, 4.69) is 5.32 Å². The van der Waals surface area contributed by atoms with Gasteiger partial charge in [0.2, 0.25) is 0 Å². The van der Waals surface area contributed by atoms with Gasteiger partial charge in [0.05, 0.1) is 12.2 Å². The number of benzene rings is 1. The zero-order valence-corrected chi connectivity index (χ0v) is 13.0. The number of carboxylic acids is 1. The molecule has 0 aliphatic carbocycles. The van der Waals surface area contributed by atoms with E-state index in [1.54, 1.807) is 31.2 Å². The Morgan fingerprint density at radius 3 is 2.68 bits per heavy atom. The second kappa shape index (κ2) is 9.78. The lowest BCUT2D eigenvalue weighted by molar-refractivity contribution is -0.137. The minimum atomic E-state index is -0.874. The van der Waals surface area contributed by atoms with Gasteiger partial charge in [-0.15, -0.1) is 0 Å². The SMILES string of the molecule is CCOCCOc1ccccc1C(=O)NC(C)CCC(=O)O. The van der Waals surface area contributed by atoms with Gasteiger partial charge in [0, 0.05) is 19.1 Å². The van der Waals surface area contributed by atoms with E-state index < -0.39 is 5.97 Å². The maximum Gasteiger partial charge on any atom is 0.303 e. The first-order valence-electron chi connectivity index (χ1n) is 7.36.